The third-order valence-corrected chi connectivity index (χ3v) is 7.30. The molecule has 0 saturated heterocycles. The highest BCUT2D eigenvalue weighted by molar-refractivity contribution is 5.75. The molecular formula is C26H41NO3. The first-order valence-corrected chi connectivity index (χ1v) is 12.5. The fourth-order valence-corrected chi connectivity index (χ4v) is 5.30. The van der Waals surface area contributed by atoms with Gasteiger partial charge >= 0.3 is 5.97 Å². The molecule has 1 aromatic heterocycles. The van der Waals surface area contributed by atoms with E-state index in [4.69, 9.17) is 9.47 Å². The van der Waals surface area contributed by atoms with Crippen LogP contribution in [0.3, 0.4) is 0 Å². The predicted molar refractivity (Wildman–Crippen MR) is 121 cm³/mol. The average molecular weight is 416 g/mol. The maximum absolute atomic E-state index is 12.6. The van der Waals surface area contributed by atoms with Gasteiger partial charge in [-0.2, -0.15) is 0 Å². The molecule has 2 aliphatic carbocycles. The molecule has 0 amide bonds. The molecule has 0 aromatic carbocycles. The average Bonchev–Trinajstić information content (AvgIpc) is 2.79. The van der Waals surface area contributed by atoms with E-state index in [9.17, 15) is 4.79 Å². The largest absolute Gasteiger partial charge is 0.478 e. The molecule has 0 radical (unpaired) electrons. The molecule has 3 rings (SSSR count). The molecule has 168 valence electrons. The monoisotopic (exact) mass is 415 g/mol. The highest BCUT2D eigenvalue weighted by Crippen LogP contribution is 2.42. The second-order valence-electron chi connectivity index (χ2n) is 9.49. The topological polar surface area (TPSA) is 48.4 Å². The van der Waals surface area contributed by atoms with Gasteiger partial charge in [0.1, 0.15) is 5.75 Å². The van der Waals surface area contributed by atoms with E-state index in [1.54, 1.807) is 18.3 Å². The highest BCUT2D eigenvalue weighted by Gasteiger charge is 2.33. The van der Waals surface area contributed by atoms with Crippen LogP contribution in [-0.4, -0.2) is 17.6 Å². The summed E-state index contributed by atoms with van der Waals surface area (Å²) in [4.78, 5) is 16.9. The summed E-state index contributed by atoms with van der Waals surface area (Å²) in [5.41, 5.74) is 0. The van der Waals surface area contributed by atoms with Gasteiger partial charge in [-0.15, -0.1) is 0 Å². The van der Waals surface area contributed by atoms with E-state index in [0.717, 1.165) is 43.4 Å². The van der Waals surface area contributed by atoms with Crippen LogP contribution >= 0.6 is 0 Å². The zero-order valence-electron chi connectivity index (χ0n) is 19.1. The first-order chi connectivity index (χ1) is 14.7. The number of aromatic nitrogens is 1. The number of carbonyl (C=O) groups excluding carboxylic acids is 1. The van der Waals surface area contributed by atoms with E-state index in [0.29, 0.717) is 18.2 Å². The van der Waals surface area contributed by atoms with E-state index < -0.39 is 0 Å². The number of esters is 1. The van der Waals surface area contributed by atoms with E-state index in [1.807, 2.05) is 0 Å². The van der Waals surface area contributed by atoms with Gasteiger partial charge in [0.2, 0.25) is 5.88 Å². The van der Waals surface area contributed by atoms with E-state index in [1.165, 1.54) is 57.8 Å². The second-order valence-corrected chi connectivity index (χ2v) is 9.49. The normalized spacial score (nSPS) is 26.9. The third kappa shape index (κ3) is 6.99. The van der Waals surface area contributed by atoms with Crippen molar-refractivity contribution < 1.29 is 14.3 Å². The van der Waals surface area contributed by atoms with Gasteiger partial charge < -0.3 is 9.47 Å². The summed E-state index contributed by atoms with van der Waals surface area (Å²) < 4.78 is 11.2. The summed E-state index contributed by atoms with van der Waals surface area (Å²) in [6.45, 7) is 5.10. The summed E-state index contributed by atoms with van der Waals surface area (Å²) in [5, 5.41) is 0. The Morgan fingerprint density at radius 2 is 1.60 bits per heavy atom. The standard InChI is InChI=1S/C26H41NO3/c1-3-5-7-20-8-10-21(11-9-20)22-12-14-23(15-13-22)26(28)30-24-16-17-25(27-19-24)29-18-6-4-2/h16-17,19-23H,3-15,18H2,1-2H3. The van der Waals surface area contributed by atoms with E-state index in [2.05, 4.69) is 18.8 Å². The lowest BCUT2D eigenvalue weighted by Crippen LogP contribution is -2.30. The Morgan fingerprint density at radius 3 is 2.20 bits per heavy atom. The summed E-state index contributed by atoms with van der Waals surface area (Å²) in [6.07, 6.45) is 17.9. The zero-order chi connectivity index (χ0) is 21.2. The highest BCUT2D eigenvalue weighted by atomic mass is 16.5. The number of rotatable bonds is 10. The number of carbonyl (C=O) groups is 1. The lowest BCUT2D eigenvalue weighted by Gasteiger charge is -2.37. The molecule has 4 nitrogen and oxygen atoms in total. The van der Waals surface area contributed by atoms with Crippen molar-refractivity contribution in [3.63, 3.8) is 0 Å². The zero-order valence-corrected chi connectivity index (χ0v) is 19.1. The van der Waals surface area contributed by atoms with Crippen molar-refractivity contribution in [2.45, 2.75) is 97.3 Å². The van der Waals surface area contributed by atoms with Crippen LogP contribution in [0.25, 0.3) is 0 Å². The molecule has 0 N–H and O–H groups in total. The van der Waals surface area contributed by atoms with Gasteiger partial charge in [0.05, 0.1) is 18.7 Å². The fourth-order valence-electron chi connectivity index (χ4n) is 5.30. The minimum Gasteiger partial charge on any atom is -0.478 e. The molecule has 2 fully saturated rings. The van der Waals surface area contributed by atoms with Crippen molar-refractivity contribution in [3.8, 4) is 11.6 Å². The van der Waals surface area contributed by atoms with Gasteiger partial charge in [-0.05, 0) is 68.8 Å². The van der Waals surface area contributed by atoms with Crippen LogP contribution < -0.4 is 9.47 Å². The summed E-state index contributed by atoms with van der Waals surface area (Å²) in [7, 11) is 0. The van der Waals surface area contributed by atoms with Crippen molar-refractivity contribution >= 4 is 5.97 Å². The van der Waals surface area contributed by atoms with Crippen LogP contribution in [-0.2, 0) is 4.79 Å². The number of pyridine rings is 1. The molecule has 30 heavy (non-hydrogen) atoms. The molecule has 2 aliphatic rings. The van der Waals surface area contributed by atoms with E-state index in [-0.39, 0.29) is 11.9 Å². The Hall–Kier alpha value is -1.58. The van der Waals surface area contributed by atoms with Gasteiger partial charge in [0.25, 0.3) is 0 Å². The van der Waals surface area contributed by atoms with Gasteiger partial charge in [-0.1, -0.05) is 52.4 Å². The van der Waals surface area contributed by atoms with Crippen LogP contribution in [0, 0.1) is 23.7 Å². The molecule has 0 spiro atoms. The van der Waals surface area contributed by atoms with Gasteiger partial charge in [-0.3, -0.25) is 4.79 Å². The predicted octanol–water partition coefficient (Wildman–Crippen LogP) is 6.97. The Morgan fingerprint density at radius 1 is 0.933 bits per heavy atom. The quantitative estimate of drug-likeness (QED) is 0.306. The van der Waals surface area contributed by atoms with Gasteiger partial charge in [-0.25, -0.2) is 4.98 Å². The van der Waals surface area contributed by atoms with Crippen LogP contribution in [0.2, 0.25) is 0 Å². The maximum Gasteiger partial charge on any atom is 0.314 e. The molecule has 2 saturated carbocycles. The SMILES string of the molecule is CCCCOc1ccc(OC(=O)C2CCC(C3CCC(CCCC)CC3)CC2)cn1. The number of unbranched alkanes of at least 4 members (excludes halogenated alkanes) is 2. The lowest BCUT2D eigenvalue weighted by molar-refractivity contribution is -0.140. The van der Waals surface area contributed by atoms with Crippen LogP contribution in [0.5, 0.6) is 11.6 Å². The van der Waals surface area contributed by atoms with Crippen molar-refractivity contribution in [1.82, 2.24) is 4.98 Å². The molecule has 0 aliphatic heterocycles. The fraction of sp³-hybridized carbons (Fsp3) is 0.769. The van der Waals surface area contributed by atoms with Crippen LogP contribution in [0.1, 0.15) is 97.3 Å². The first kappa shape index (κ1) is 23.1. The van der Waals surface area contributed by atoms with Crippen molar-refractivity contribution in [2.24, 2.45) is 23.7 Å². The Bertz CT molecular complexity index is 614. The van der Waals surface area contributed by atoms with Gasteiger partial charge in [0, 0.05) is 6.07 Å². The summed E-state index contributed by atoms with van der Waals surface area (Å²) in [6, 6.07) is 3.57. The number of nitrogens with zero attached hydrogens (tertiary/aromatic N) is 1. The minimum absolute atomic E-state index is 0.0441. The smallest absolute Gasteiger partial charge is 0.314 e. The Labute approximate surface area is 183 Å². The van der Waals surface area contributed by atoms with E-state index >= 15 is 0 Å². The molecule has 0 unspecified atom stereocenters. The van der Waals surface area contributed by atoms with Gasteiger partial charge in [0.15, 0.2) is 0 Å². The Balaban J connectivity index is 1.37. The van der Waals surface area contributed by atoms with Crippen molar-refractivity contribution in [3.05, 3.63) is 18.3 Å². The summed E-state index contributed by atoms with van der Waals surface area (Å²) in [5.74, 6) is 3.76. The molecule has 0 bridgehead atoms. The van der Waals surface area contributed by atoms with Crippen molar-refractivity contribution in [2.75, 3.05) is 6.61 Å². The minimum atomic E-state index is -0.0850. The molecule has 1 heterocycles. The van der Waals surface area contributed by atoms with Crippen LogP contribution in [0.15, 0.2) is 18.3 Å². The molecule has 1 aromatic rings. The Kier molecular flexibility index (Phi) is 9.48. The molecular weight excluding hydrogens is 374 g/mol. The number of hydrogen-bond acceptors (Lipinski definition) is 4. The first-order valence-electron chi connectivity index (χ1n) is 12.5. The molecule has 0 atom stereocenters. The summed E-state index contributed by atoms with van der Waals surface area (Å²) >= 11 is 0. The third-order valence-electron chi connectivity index (χ3n) is 7.30. The number of ether oxygens (including phenoxy) is 2. The van der Waals surface area contributed by atoms with Crippen molar-refractivity contribution in [1.29, 1.82) is 0 Å². The lowest BCUT2D eigenvalue weighted by atomic mass is 9.68. The molecule has 4 heteroatoms. The maximum atomic E-state index is 12.6. The van der Waals surface area contributed by atoms with Crippen LogP contribution in [0.4, 0.5) is 0 Å². The number of hydrogen-bond donors (Lipinski definition) is 0. The second kappa shape index (κ2) is 12.3.